The molecule has 6 heteroatoms. The number of methoxy groups -OCH3 is 1. The summed E-state index contributed by atoms with van der Waals surface area (Å²) in [6.07, 6.45) is -4.41. The number of alkyl halides is 3. The Balaban J connectivity index is 2.23. The summed E-state index contributed by atoms with van der Waals surface area (Å²) >= 11 is 0. The molecule has 0 saturated heterocycles. The lowest BCUT2D eigenvalue weighted by Crippen LogP contribution is -2.22. The highest BCUT2D eigenvalue weighted by molar-refractivity contribution is 6.04. The van der Waals surface area contributed by atoms with Crippen LogP contribution in [0.5, 0.6) is 5.75 Å². The van der Waals surface area contributed by atoms with Crippen LogP contribution in [0.15, 0.2) is 48.5 Å². The number of carbonyl (C=O) groups is 1. The second kappa shape index (κ2) is 7.76. The van der Waals surface area contributed by atoms with Crippen LogP contribution >= 0.6 is 0 Å². The summed E-state index contributed by atoms with van der Waals surface area (Å²) in [5, 5.41) is 0. The highest BCUT2D eigenvalue weighted by Gasteiger charge is 2.44. The number of esters is 1. The highest BCUT2D eigenvalue weighted by Crippen LogP contribution is 2.53. The third-order valence-electron chi connectivity index (χ3n) is 5.58. The summed E-state index contributed by atoms with van der Waals surface area (Å²) in [6.45, 7) is 3.75. The van der Waals surface area contributed by atoms with Crippen molar-refractivity contribution in [1.29, 1.82) is 0 Å². The Kier molecular flexibility index (Phi) is 5.25. The van der Waals surface area contributed by atoms with E-state index < -0.39 is 23.3 Å². The Morgan fingerprint density at radius 1 is 1.06 bits per heavy atom. The average molecular weight is 426 g/mol. The van der Waals surface area contributed by atoms with E-state index in [-0.39, 0.29) is 17.9 Å². The van der Waals surface area contributed by atoms with Crippen LogP contribution in [-0.4, -0.2) is 13.1 Å². The van der Waals surface area contributed by atoms with Gasteiger partial charge in [0, 0.05) is 11.1 Å². The maximum absolute atomic E-state index is 14.4. The summed E-state index contributed by atoms with van der Waals surface area (Å²) < 4.78 is 53.7. The molecular formula is C25H21F3O3. The van der Waals surface area contributed by atoms with Crippen LogP contribution in [0, 0.1) is 6.92 Å². The lowest BCUT2D eigenvalue weighted by Gasteiger charge is -2.30. The van der Waals surface area contributed by atoms with Crippen LogP contribution < -0.4 is 4.74 Å². The first-order chi connectivity index (χ1) is 14.8. The summed E-state index contributed by atoms with van der Waals surface area (Å²) in [6, 6.07) is 14.3. The minimum atomic E-state index is -4.81. The zero-order chi connectivity index (χ0) is 22.3. The van der Waals surface area contributed by atoms with Crippen molar-refractivity contribution in [2.75, 3.05) is 7.11 Å². The van der Waals surface area contributed by atoms with Gasteiger partial charge in [-0.05, 0) is 35.6 Å². The van der Waals surface area contributed by atoms with E-state index in [2.05, 4.69) is 0 Å². The Morgan fingerprint density at radius 2 is 1.74 bits per heavy atom. The number of hydrogen-bond acceptors (Lipinski definition) is 3. The van der Waals surface area contributed by atoms with Crippen molar-refractivity contribution in [3.63, 3.8) is 0 Å². The van der Waals surface area contributed by atoms with Gasteiger partial charge in [0.25, 0.3) is 0 Å². The van der Waals surface area contributed by atoms with Crippen molar-refractivity contribution < 1.29 is 27.4 Å². The fourth-order valence-electron chi connectivity index (χ4n) is 4.21. The Labute approximate surface area is 178 Å². The molecule has 0 fully saturated rings. The van der Waals surface area contributed by atoms with Crippen molar-refractivity contribution >= 4 is 5.97 Å². The number of ether oxygens (including phenoxy) is 2. The summed E-state index contributed by atoms with van der Waals surface area (Å²) in [4.78, 5) is 12.8. The van der Waals surface area contributed by atoms with Crippen molar-refractivity contribution in [3.05, 3.63) is 76.3 Å². The van der Waals surface area contributed by atoms with E-state index in [1.807, 2.05) is 38.1 Å². The highest BCUT2D eigenvalue weighted by atomic mass is 19.4. The Hall–Kier alpha value is -3.28. The molecule has 1 aliphatic heterocycles. The standard InChI is InChI=1S/C25H21F3O3/c1-4-17-19(15-11-9-14(2)10-12-15)21(24(29)30-3)22(25(26,27)28)23-20(17)18-8-6-5-7-16(18)13-31-23/h5-12H,4,13H2,1-3H3. The van der Waals surface area contributed by atoms with E-state index in [4.69, 9.17) is 9.47 Å². The maximum Gasteiger partial charge on any atom is 0.420 e. The van der Waals surface area contributed by atoms with Gasteiger partial charge in [0.05, 0.1) is 12.7 Å². The summed E-state index contributed by atoms with van der Waals surface area (Å²) in [7, 11) is 1.09. The van der Waals surface area contributed by atoms with Gasteiger partial charge in [-0.15, -0.1) is 0 Å². The monoisotopic (exact) mass is 426 g/mol. The van der Waals surface area contributed by atoms with Crippen molar-refractivity contribution in [2.24, 2.45) is 0 Å². The molecule has 31 heavy (non-hydrogen) atoms. The number of rotatable bonds is 3. The zero-order valence-corrected chi connectivity index (χ0v) is 17.4. The van der Waals surface area contributed by atoms with Crippen LogP contribution in [0.2, 0.25) is 0 Å². The molecule has 3 nitrogen and oxygen atoms in total. The molecule has 0 bridgehead atoms. The van der Waals surface area contributed by atoms with Gasteiger partial charge in [-0.2, -0.15) is 13.2 Å². The molecule has 0 radical (unpaired) electrons. The number of aryl methyl sites for hydroxylation is 1. The largest absolute Gasteiger partial charge is 0.488 e. The van der Waals surface area contributed by atoms with E-state index in [9.17, 15) is 18.0 Å². The second-order valence-electron chi connectivity index (χ2n) is 7.46. The van der Waals surface area contributed by atoms with Gasteiger partial charge in [0.15, 0.2) is 0 Å². The molecule has 1 aliphatic rings. The number of carbonyl (C=O) groups excluding carboxylic acids is 1. The van der Waals surface area contributed by atoms with E-state index in [1.165, 1.54) is 0 Å². The predicted molar refractivity (Wildman–Crippen MR) is 112 cm³/mol. The van der Waals surface area contributed by atoms with Gasteiger partial charge < -0.3 is 9.47 Å². The number of halogens is 3. The molecule has 0 unspecified atom stereocenters. The Bertz CT molecular complexity index is 1160. The maximum atomic E-state index is 14.4. The van der Waals surface area contributed by atoms with Gasteiger partial charge in [-0.25, -0.2) is 4.79 Å². The van der Waals surface area contributed by atoms with Crippen LogP contribution in [0.1, 0.15) is 39.5 Å². The van der Waals surface area contributed by atoms with Crippen molar-refractivity contribution in [1.82, 2.24) is 0 Å². The SMILES string of the molecule is CCc1c2c(c(C(F)(F)F)c(C(=O)OC)c1-c1ccc(C)cc1)OCc1ccccc1-2. The molecule has 3 aromatic rings. The van der Waals surface area contributed by atoms with Gasteiger partial charge in [0.1, 0.15) is 17.9 Å². The molecular weight excluding hydrogens is 405 g/mol. The molecule has 160 valence electrons. The molecule has 0 N–H and O–H groups in total. The first-order valence-electron chi connectivity index (χ1n) is 9.94. The zero-order valence-electron chi connectivity index (χ0n) is 17.4. The molecule has 0 atom stereocenters. The third kappa shape index (κ3) is 3.46. The lowest BCUT2D eigenvalue weighted by atomic mass is 9.81. The van der Waals surface area contributed by atoms with E-state index >= 15 is 0 Å². The summed E-state index contributed by atoms with van der Waals surface area (Å²) in [5.74, 6) is -1.35. The Morgan fingerprint density at radius 3 is 2.35 bits per heavy atom. The number of hydrogen-bond donors (Lipinski definition) is 0. The fraction of sp³-hybridized carbons (Fsp3) is 0.240. The quantitative estimate of drug-likeness (QED) is 0.443. The second-order valence-corrected chi connectivity index (χ2v) is 7.46. The molecule has 0 saturated carbocycles. The van der Waals surface area contributed by atoms with Crippen LogP contribution in [-0.2, 0) is 23.9 Å². The van der Waals surface area contributed by atoms with Crippen molar-refractivity contribution in [2.45, 2.75) is 33.1 Å². The smallest absolute Gasteiger partial charge is 0.420 e. The normalized spacial score (nSPS) is 12.6. The van der Waals surface area contributed by atoms with Gasteiger partial charge in [0.2, 0.25) is 0 Å². The predicted octanol–water partition coefficient (Wildman–Crippen LogP) is 6.59. The molecule has 1 heterocycles. The molecule has 4 rings (SSSR count). The van der Waals surface area contributed by atoms with Crippen molar-refractivity contribution in [3.8, 4) is 28.0 Å². The minimum Gasteiger partial charge on any atom is -0.488 e. The number of benzene rings is 3. The topological polar surface area (TPSA) is 35.5 Å². The van der Waals surface area contributed by atoms with Gasteiger partial charge >= 0.3 is 12.1 Å². The molecule has 3 aromatic carbocycles. The summed E-state index contributed by atoms with van der Waals surface area (Å²) in [5.41, 5.74) is 2.64. The lowest BCUT2D eigenvalue weighted by molar-refractivity contribution is -0.139. The van der Waals surface area contributed by atoms with Crippen LogP contribution in [0.3, 0.4) is 0 Å². The van der Waals surface area contributed by atoms with Crippen LogP contribution in [0.4, 0.5) is 13.2 Å². The first-order valence-corrected chi connectivity index (χ1v) is 9.94. The molecule has 0 spiro atoms. The molecule has 0 aromatic heterocycles. The van der Waals surface area contributed by atoms with Gasteiger partial charge in [-0.3, -0.25) is 0 Å². The minimum absolute atomic E-state index is 0.000101. The van der Waals surface area contributed by atoms with E-state index in [0.717, 1.165) is 18.2 Å². The average Bonchev–Trinajstić information content (AvgIpc) is 2.76. The molecule has 0 amide bonds. The van der Waals surface area contributed by atoms with E-state index in [1.54, 1.807) is 24.3 Å². The van der Waals surface area contributed by atoms with E-state index in [0.29, 0.717) is 28.7 Å². The fourth-order valence-corrected chi connectivity index (χ4v) is 4.21. The third-order valence-corrected chi connectivity index (χ3v) is 5.58. The number of fused-ring (bicyclic) bond motifs is 3. The van der Waals surface area contributed by atoms with Gasteiger partial charge in [-0.1, -0.05) is 61.0 Å². The molecule has 0 aliphatic carbocycles. The van der Waals surface area contributed by atoms with Crippen LogP contribution in [0.25, 0.3) is 22.3 Å². The first kappa shape index (κ1) is 21.0.